The number of hydrogen-bond acceptors (Lipinski definition) is 7. The molecule has 1 aromatic carbocycles. The van der Waals surface area contributed by atoms with Gasteiger partial charge in [-0.3, -0.25) is 9.80 Å². The van der Waals surface area contributed by atoms with Crippen molar-refractivity contribution in [1.82, 2.24) is 20.5 Å². The van der Waals surface area contributed by atoms with Crippen molar-refractivity contribution in [2.75, 3.05) is 44.8 Å². The summed E-state index contributed by atoms with van der Waals surface area (Å²) in [6.45, 7) is 10.9. The average Bonchev–Trinajstić information content (AvgIpc) is 3.51. The maximum atomic E-state index is 10.6. The number of H-pyrrole nitrogens is 1. The van der Waals surface area contributed by atoms with Gasteiger partial charge in [-0.25, -0.2) is 0 Å². The maximum Gasteiger partial charge on any atom is 0.166 e. The zero-order valence-electron chi connectivity index (χ0n) is 19.7. The minimum atomic E-state index is 0.620. The molecule has 0 atom stereocenters. The summed E-state index contributed by atoms with van der Waals surface area (Å²) in [6, 6.07) is 8.14. The Morgan fingerprint density at radius 3 is 2.56 bits per heavy atom. The van der Waals surface area contributed by atoms with E-state index >= 15 is 0 Å². The molecule has 0 spiro atoms. The molecule has 4 rings (SSSR count). The van der Waals surface area contributed by atoms with Gasteiger partial charge in [-0.15, -0.1) is 0 Å². The highest BCUT2D eigenvalue weighted by atomic mass is 16.1. The highest BCUT2D eigenvalue weighted by Crippen LogP contribution is 2.23. The summed E-state index contributed by atoms with van der Waals surface area (Å²) in [6.07, 6.45) is 7.37. The molecule has 1 aromatic heterocycles. The summed E-state index contributed by atoms with van der Waals surface area (Å²) in [5.74, 6) is 0. The molecule has 1 saturated heterocycles. The number of hydrogen-bond donors (Lipinski definition) is 4. The monoisotopic (exact) mass is 439 g/mol. The summed E-state index contributed by atoms with van der Waals surface area (Å²) in [5, 5.41) is 13.5. The van der Waals surface area contributed by atoms with Crippen LogP contribution in [-0.4, -0.2) is 61.7 Å². The highest BCUT2D eigenvalue weighted by molar-refractivity contribution is 6.29. The Morgan fingerprint density at radius 1 is 1.19 bits per heavy atom. The van der Waals surface area contributed by atoms with E-state index in [2.05, 4.69) is 37.8 Å². The number of rotatable bonds is 5. The molecule has 2 aliphatic rings. The molecule has 0 saturated carbocycles. The van der Waals surface area contributed by atoms with Gasteiger partial charge in [0.1, 0.15) is 5.71 Å². The molecule has 32 heavy (non-hydrogen) atoms. The van der Waals surface area contributed by atoms with Crippen molar-refractivity contribution in [3.8, 4) is 0 Å². The number of aromatic nitrogens is 1. The number of nitrogens with two attached hydrogens (primary N) is 1. The van der Waals surface area contributed by atoms with Crippen LogP contribution >= 0.6 is 0 Å². The van der Waals surface area contributed by atoms with Gasteiger partial charge in [0, 0.05) is 69.5 Å². The standard InChI is InChI=1S/C12H11N3O.C10H20N4.C2H6/c16-8-10-4-6-15(14-10)11-1-2-12-9(7-11)3-5-13-12;1-3-10(9(11)8-12-2)14-6-4-13-5-7-14;1-2/h1-3,5,7-8,13H,4,6H2;3,8,12-13H,4-7,11H2,1-2H3;1-2H3/b;9-8+,10-3+;. The van der Waals surface area contributed by atoms with Crippen LogP contribution in [0.15, 0.2) is 59.2 Å². The van der Waals surface area contributed by atoms with Crippen LogP contribution in [0.25, 0.3) is 10.9 Å². The van der Waals surface area contributed by atoms with Crippen LogP contribution in [0.1, 0.15) is 27.2 Å². The number of aldehydes is 1. The number of nitrogens with zero attached hydrogens (tertiary/aromatic N) is 3. The Hall–Kier alpha value is -3.26. The van der Waals surface area contributed by atoms with Crippen molar-refractivity contribution in [3.05, 3.63) is 54.1 Å². The smallest absolute Gasteiger partial charge is 0.166 e. The molecule has 2 aromatic rings. The fourth-order valence-electron chi connectivity index (χ4n) is 3.61. The number of carbonyl (C=O) groups is 1. The molecule has 0 radical (unpaired) electrons. The normalized spacial score (nSPS) is 16.6. The van der Waals surface area contributed by atoms with Gasteiger partial charge in [0.15, 0.2) is 6.29 Å². The lowest BCUT2D eigenvalue weighted by atomic mass is 10.2. The van der Waals surface area contributed by atoms with E-state index in [0.717, 1.165) is 73.4 Å². The Bertz CT molecular complexity index is 939. The molecule has 0 amide bonds. The van der Waals surface area contributed by atoms with Gasteiger partial charge < -0.3 is 26.3 Å². The Kier molecular flexibility index (Phi) is 10.3. The first-order valence-corrected chi connectivity index (χ1v) is 11.3. The fourth-order valence-corrected chi connectivity index (χ4v) is 3.61. The molecule has 0 bridgehead atoms. The zero-order chi connectivity index (χ0) is 23.3. The Morgan fingerprint density at radius 2 is 1.94 bits per heavy atom. The van der Waals surface area contributed by atoms with E-state index in [1.807, 2.05) is 63.4 Å². The number of benzene rings is 1. The van der Waals surface area contributed by atoms with E-state index in [9.17, 15) is 4.79 Å². The van der Waals surface area contributed by atoms with Crippen LogP contribution in [0.5, 0.6) is 0 Å². The lowest BCUT2D eigenvalue weighted by Gasteiger charge is -2.31. The summed E-state index contributed by atoms with van der Waals surface area (Å²) in [5.41, 5.74) is 10.6. The third-order valence-corrected chi connectivity index (χ3v) is 5.13. The van der Waals surface area contributed by atoms with Crippen molar-refractivity contribution in [3.63, 3.8) is 0 Å². The summed E-state index contributed by atoms with van der Waals surface area (Å²) >= 11 is 0. The van der Waals surface area contributed by atoms with Gasteiger partial charge in [0.05, 0.1) is 17.1 Å². The minimum absolute atomic E-state index is 0.620. The second kappa shape index (κ2) is 13.2. The van der Waals surface area contributed by atoms with E-state index < -0.39 is 0 Å². The molecule has 3 heterocycles. The number of aromatic amines is 1. The van der Waals surface area contributed by atoms with Crippen LogP contribution in [0, 0.1) is 0 Å². The molecule has 2 aliphatic heterocycles. The van der Waals surface area contributed by atoms with E-state index in [-0.39, 0.29) is 0 Å². The lowest BCUT2D eigenvalue weighted by molar-refractivity contribution is -0.102. The number of hydrazone groups is 1. The van der Waals surface area contributed by atoms with Crippen LogP contribution in [-0.2, 0) is 4.79 Å². The predicted molar refractivity (Wildman–Crippen MR) is 135 cm³/mol. The van der Waals surface area contributed by atoms with E-state index in [0.29, 0.717) is 5.71 Å². The first-order chi connectivity index (χ1) is 15.7. The SMILES string of the molecule is C/C=C(\C(N)=C/NC)N1CCNCC1.CC.O=CC1=NN(c2ccc3[nH]ccc3c2)CC1. The zero-order valence-corrected chi connectivity index (χ0v) is 19.7. The molecule has 0 unspecified atom stereocenters. The molecule has 174 valence electrons. The van der Waals surface area contributed by atoms with Crippen molar-refractivity contribution >= 4 is 28.6 Å². The van der Waals surface area contributed by atoms with Gasteiger partial charge in [-0.1, -0.05) is 19.9 Å². The average molecular weight is 440 g/mol. The van der Waals surface area contributed by atoms with Crippen LogP contribution in [0.2, 0.25) is 0 Å². The predicted octanol–water partition coefficient (Wildman–Crippen LogP) is 2.77. The van der Waals surface area contributed by atoms with Crippen LogP contribution in [0.4, 0.5) is 5.69 Å². The number of piperazine rings is 1. The quantitative estimate of drug-likeness (QED) is 0.422. The highest BCUT2D eigenvalue weighted by Gasteiger charge is 2.15. The molecule has 5 N–H and O–H groups in total. The summed E-state index contributed by atoms with van der Waals surface area (Å²) < 4.78 is 0. The molecule has 8 heteroatoms. The second-order valence-corrected chi connectivity index (χ2v) is 7.13. The summed E-state index contributed by atoms with van der Waals surface area (Å²) in [4.78, 5) is 16.0. The Labute approximate surface area is 191 Å². The van der Waals surface area contributed by atoms with Gasteiger partial charge in [-0.05, 0) is 31.2 Å². The van der Waals surface area contributed by atoms with Crippen molar-refractivity contribution < 1.29 is 4.79 Å². The van der Waals surface area contributed by atoms with Gasteiger partial charge in [-0.2, -0.15) is 5.10 Å². The molecule has 8 nitrogen and oxygen atoms in total. The molecule has 0 aliphatic carbocycles. The number of nitrogens with one attached hydrogen (secondary N) is 3. The molecular formula is C24H37N7O. The molecule has 1 fully saturated rings. The summed E-state index contributed by atoms with van der Waals surface area (Å²) in [7, 11) is 1.86. The largest absolute Gasteiger partial charge is 0.396 e. The van der Waals surface area contributed by atoms with Crippen LogP contribution < -0.4 is 21.4 Å². The first-order valence-electron chi connectivity index (χ1n) is 11.3. The number of fused-ring (bicyclic) bond motifs is 1. The topological polar surface area (TPSA) is 102 Å². The number of anilines is 1. The van der Waals surface area contributed by atoms with Gasteiger partial charge in [0.2, 0.25) is 0 Å². The van der Waals surface area contributed by atoms with E-state index in [1.165, 1.54) is 0 Å². The van der Waals surface area contributed by atoms with Gasteiger partial charge >= 0.3 is 0 Å². The fraction of sp³-hybridized carbons (Fsp3) is 0.417. The number of carbonyl (C=O) groups excluding carboxylic acids is 1. The van der Waals surface area contributed by atoms with Crippen LogP contribution in [0.3, 0.4) is 0 Å². The van der Waals surface area contributed by atoms with Crippen molar-refractivity contribution in [1.29, 1.82) is 0 Å². The Balaban J connectivity index is 0.000000213. The van der Waals surface area contributed by atoms with E-state index in [1.54, 1.807) is 0 Å². The second-order valence-electron chi connectivity index (χ2n) is 7.13. The van der Waals surface area contributed by atoms with Crippen molar-refractivity contribution in [2.24, 2.45) is 10.8 Å². The van der Waals surface area contributed by atoms with Gasteiger partial charge in [0.25, 0.3) is 0 Å². The lowest BCUT2D eigenvalue weighted by Crippen LogP contribution is -2.43. The molecular weight excluding hydrogens is 402 g/mol. The number of allylic oxidation sites excluding steroid dienone is 1. The third kappa shape index (κ3) is 6.62. The minimum Gasteiger partial charge on any atom is -0.396 e. The third-order valence-electron chi connectivity index (χ3n) is 5.13. The van der Waals surface area contributed by atoms with Crippen molar-refractivity contribution in [2.45, 2.75) is 27.2 Å². The maximum absolute atomic E-state index is 10.6. The first kappa shape index (κ1) is 25.0. The van der Waals surface area contributed by atoms with E-state index in [4.69, 9.17) is 5.73 Å².